The highest BCUT2D eigenvalue weighted by atomic mass is 16.3. The number of unbranched alkanes of at least 4 members (excludes halogenated alkanes) is 1. The van der Waals surface area contributed by atoms with Gasteiger partial charge in [-0.3, -0.25) is 4.79 Å². The molecule has 2 heterocycles. The molecule has 1 aliphatic rings. The highest BCUT2D eigenvalue weighted by Crippen LogP contribution is 2.15. The monoisotopic (exact) mass is 293 g/mol. The van der Waals surface area contributed by atoms with Crippen LogP contribution in [-0.4, -0.2) is 55.0 Å². The zero-order valence-corrected chi connectivity index (χ0v) is 13.0. The third-order valence-corrected chi connectivity index (χ3v) is 4.10. The molecule has 118 valence electrons. The molecular weight excluding hydrogens is 266 g/mol. The first-order valence-electron chi connectivity index (χ1n) is 8.04. The topological polar surface area (TPSA) is 62.7 Å². The molecule has 1 aliphatic heterocycles. The number of carbonyl (C=O) groups is 1. The van der Waals surface area contributed by atoms with E-state index < -0.39 is 0 Å². The molecule has 1 aromatic rings. The van der Waals surface area contributed by atoms with Crippen molar-refractivity contribution in [1.29, 1.82) is 0 Å². The first-order chi connectivity index (χ1) is 10.3. The van der Waals surface area contributed by atoms with Gasteiger partial charge in [-0.25, -0.2) is 0 Å². The molecule has 0 aromatic carbocycles. The van der Waals surface area contributed by atoms with E-state index in [2.05, 4.69) is 4.90 Å². The van der Waals surface area contributed by atoms with Gasteiger partial charge in [0.15, 0.2) is 0 Å². The molecule has 0 atom stereocenters. The molecule has 1 saturated heterocycles. The number of rotatable bonds is 6. The number of aryl methyl sites for hydroxylation is 1. The Hall–Kier alpha value is -1.33. The minimum absolute atomic E-state index is 0.115. The lowest BCUT2D eigenvalue weighted by Gasteiger charge is -2.22. The van der Waals surface area contributed by atoms with Crippen LogP contribution in [0, 0.1) is 0 Å². The van der Waals surface area contributed by atoms with E-state index in [4.69, 9.17) is 10.2 Å². The first-order valence-corrected chi connectivity index (χ1v) is 8.04. The SMILES string of the molecule is CCc1occc1C(=O)N1CCCN(CCCCN)CC1. The van der Waals surface area contributed by atoms with Gasteiger partial charge in [-0.1, -0.05) is 6.92 Å². The Morgan fingerprint density at radius 1 is 1.29 bits per heavy atom. The summed E-state index contributed by atoms with van der Waals surface area (Å²) in [4.78, 5) is 17.0. The average molecular weight is 293 g/mol. The summed E-state index contributed by atoms with van der Waals surface area (Å²) in [5.41, 5.74) is 6.27. The van der Waals surface area contributed by atoms with Crippen molar-refractivity contribution in [3.05, 3.63) is 23.7 Å². The summed E-state index contributed by atoms with van der Waals surface area (Å²) in [7, 11) is 0. The van der Waals surface area contributed by atoms with Crippen molar-refractivity contribution in [3.8, 4) is 0 Å². The summed E-state index contributed by atoms with van der Waals surface area (Å²) < 4.78 is 5.37. The van der Waals surface area contributed by atoms with Gasteiger partial charge < -0.3 is 20.0 Å². The van der Waals surface area contributed by atoms with Crippen molar-refractivity contribution in [3.63, 3.8) is 0 Å². The third kappa shape index (κ3) is 4.32. The predicted molar refractivity (Wildman–Crippen MR) is 83.3 cm³/mol. The molecule has 0 spiro atoms. The van der Waals surface area contributed by atoms with E-state index in [9.17, 15) is 4.79 Å². The van der Waals surface area contributed by atoms with Crippen molar-refractivity contribution in [2.45, 2.75) is 32.6 Å². The second kappa shape index (κ2) is 8.20. The van der Waals surface area contributed by atoms with Crippen molar-refractivity contribution < 1.29 is 9.21 Å². The maximum atomic E-state index is 12.6. The van der Waals surface area contributed by atoms with Crippen LogP contribution < -0.4 is 5.73 Å². The summed E-state index contributed by atoms with van der Waals surface area (Å²) in [6.45, 7) is 7.52. The lowest BCUT2D eigenvalue weighted by molar-refractivity contribution is 0.0759. The fourth-order valence-electron chi connectivity index (χ4n) is 2.85. The zero-order chi connectivity index (χ0) is 15.1. The van der Waals surface area contributed by atoms with Crippen molar-refractivity contribution in [2.24, 2.45) is 5.73 Å². The zero-order valence-electron chi connectivity index (χ0n) is 13.0. The molecule has 5 heteroatoms. The fourth-order valence-corrected chi connectivity index (χ4v) is 2.85. The summed E-state index contributed by atoms with van der Waals surface area (Å²) in [6.07, 6.45) is 5.63. The van der Waals surface area contributed by atoms with Gasteiger partial charge in [0, 0.05) is 26.1 Å². The van der Waals surface area contributed by atoms with Crippen molar-refractivity contribution in [2.75, 3.05) is 39.3 Å². The van der Waals surface area contributed by atoms with Crippen LogP contribution in [0.1, 0.15) is 42.3 Å². The lowest BCUT2D eigenvalue weighted by Crippen LogP contribution is -2.35. The molecule has 0 saturated carbocycles. The van der Waals surface area contributed by atoms with E-state index in [1.807, 2.05) is 11.8 Å². The summed E-state index contributed by atoms with van der Waals surface area (Å²) in [5, 5.41) is 0. The first kappa shape index (κ1) is 16.0. The van der Waals surface area contributed by atoms with Crippen molar-refractivity contribution >= 4 is 5.91 Å². The van der Waals surface area contributed by atoms with Gasteiger partial charge in [-0.2, -0.15) is 0 Å². The molecule has 0 aliphatic carbocycles. The van der Waals surface area contributed by atoms with Crippen molar-refractivity contribution in [1.82, 2.24) is 9.80 Å². The maximum absolute atomic E-state index is 12.6. The number of hydrogen-bond donors (Lipinski definition) is 1. The van der Waals surface area contributed by atoms with Crippen LogP contribution >= 0.6 is 0 Å². The molecule has 1 fully saturated rings. The number of hydrogen-bond acceptors (Lipinski definition) is 4. The van der Waals surface area contributed by atoms with E-state index in [1.54, 1.807) is 12.3 Å². The summed E-state index contributed by atoms with van der Waals surface area (Å²) in [5.74, 6) is 0.911. The van der Waals surface area contributed by atoms with Crippen LogP contribution in [0.4, 0.5) is 0 Å². The summed E-state index contributed by atoms with van der Waals surface area (Å²) in [6, 6.07) is 1.80. The fraction of sp³-hybridized carbons (Fsp3) is 0.688. The smallest absolute Gasteiger partial charge is 0.257 e. The minimum atomic E-state index is 0.115. The Morgan fingerprint density at radius 2 is 2.14 bits per heavy atom. The highest BCUT2D eigenvalue weighted by molar-refractivity contribution is 5.95. The van der Waals surface area contributed by atoms with Crippen LogP contribution in [0.15, 0.2) is 16.7 Å². The summed E-state index contributed by atoms with van der Waals surface area (Å²) >= 11 is 0. The molecule has 0 bridgehead atoms. The second-order valence-electron chi connectivity index (χ2n) is 5.59. The van der Waals surface area contributed by atoms with E-state index in [-0.39, 0.29) is 5.91 Å². The normalized spacial score (nSPS) is 17.0. The Labute approximate surface area is 127 Å². The highest BCUT2D eigenvalue weighted by Gasteiger charge is 2.22. The molecule has 5 nitrogen and oxygen atoms in total. The maximum Gasteiger partial charge on any atom is 0.257 e. The standard InChI is InChI=1S/C16H27N3O2/c1-2-15-14(6-13-21-15)16(20)19-10-5-9-18(11-12-19)8-4-3-7-17/h6,13H,2-5,7-12,17H2,1H3. The van der Waals surface area contributed by atoms with Crippen LogP contribution in [-0.2, 0) is 6.42 Å². The molecule has 1 aromatic heterocycles. The van der Waals surface area contributed by atoms with E-state index >= 15 is 0 Å². The quantitative estimate of drug-likeness (QED) is 0.811. The van der Waals surface area contributed by atoms with E-state index in [1.165, 1.54) is 0 Å². The second-order valence-corrected chi connectivity index (χ2v) is 5.59. The molecule has 1 amide bonds. The molecule has 2 rings (SSSR count). The molecule has 21 heavy (non-hydrogen) atoms. The van der Waals surface area contributed by atoms with Gasteiger partial charge in [0.25, 0.3) is 5.91 Å². The van der Waals surface area contributed by atoms with Crippen LogP contribution in [0.3, 0.4) is 0 Å². The predicted octanol–water partition coefficient (Wildman–Crippen LogP) is 1.73. The Kier molecular flexibility index (Phi) is 6.26. The van der Waals surface area contributed by atoms with Gasteiger partial charge in [-0.05, 0) is 45.0 Å². The van der Waals surface area contributed by atoms with Gasteiger partial charge in [0.2, 0.25) is 0 Å². The van der Waals surface area contributed by atoms with E-state index in [0.717, 1.165) is 76.3 Å². The number of nitrogens with zero attached hydrogens (tertiary/aromatic N) is 2. The number of nitrogens with two attached hydrogens (primary N) is 1. The van der Waals surface area contributed by atoms with Crippen LogP contribution in [0.25, 0.3) is 0 Å². The minimum Gasteiger partial charge on any atom is -0.469 e. The molecular formula is C16H27N3O2. The number of carbonyl (C=O) groups excluding carboxylic acids is 1. The van der Waals surface area contributed by atoms with Crippen LogP contribution in [0.5, 0.6) is 0 Å². The van der Waals surface area contributed by atoms with Gasteiger partial charge in [0.05, 0.1) is 11.8 Å². The third-order valence-electron chi connectivity index (χ3n) is 4.10. The molecule has 2 N–H and O–H groups in total. The van der Waals surface area contributed by atoms with Gasteiger partial charge in [0.1, 0.15) is 5.76 Å². The Balaban J connectivity index is 1.89. The molecule has 0 unspecified atom stereocenters. The van der Waals surface area contributed by atoms with Gasteiger partial charge in [-0.15, -0.1) is 0 Å². The number of amides is 1. The lowest BCUT2D eigenvalue weighted by atomic mass is 10.2. The van der Waals surface area contributed by atoms with E-state index in [0.29, 0.717) is 0 Å². The largest absolute Gasteiger partial charge is 0.469 e. The van der Waals surface area contributed by atoms with Crippen LogP contribution in [0.2, 0.25) is 0 Å². The number of furan rings is 1. The average Bonchev–Trinajstić information content (AvgIpc) is 2.85. The Morgan fingerprint density at radius 3 is 2.90 bits per heavy atom. The Bertz CT molecular complexity index is 444. The molecule has 0 radical (unpaired) electrons. The van der Waals surface area contributed by atoms with Gasteiger partial charge >= 0.3 is 0 Å².